The lowest BCUT2D eigenvalue weighted by Crippen LogP contribution is -2.51. The average molecular weight is 689 g/mol. The Balaban J connectivity index is 1.52. The Morgan fingerprint density at radius 2 is 1.88 bits per heavy atom. The highest BCUT2D eigenvalue weighted by atomic mass is 35.5. The van der Waals surface area contributed by atoms with Gasteiger partial charge in [-0.2, -0.15) is 27.9 Å². The molecule has 3 aromatic rings. The van der Waals surface area contributed by atoms with Crippen molar-refractivity contribution in [3.05, 3.63) is 56.7 Å². The number of carbonyl (C=O) groups excluding carboxylic acids is 2. The highest BCUT2D eigenvalue weighted by Gasteiger charge is 2.32. The smallest absolute Gasteiger partial charge is 0.416 e. The van der Waals surface area contributed by atoms with Crippen LogP contribution in [0.5, 0.6) is 0 Å². The molecule has 0 radical (unpaired) electrons. The number of rotatable bonds is 6. The third-order valence-corrected chi connectivity index (χ3v) is 8.47. The molecule has 48 heavy (non-hydrogen) atoms. The van der Waals surface area contributed by atoms with Crippen molar-refractivity contribution in [2.45, 2.75) is 71.7 Å². The molecular formula is C32H36ClF3N8O4. The molecule has 2 aromatic heterocycles. The van der Waals surface area contributed by atoms with Crippen LogP contribution in [0.1, 0.15) is 64.0 Å². The van der Waals surface area contributed by atoms with Gasteiger partial charge in [0.15, 0.2) is 5.82 Å². The maximum Gasteiger partial charge on any atom is 0.416 e. The second-order valence-corrected chi connectivity index (χ2v) is 13.1. The number of nitrogens with zero attached hydrogens (tertiary/aromatic N) is 7. The Labute approximate surface area is 279 Å². The maximum absolute atomic E-state index is 14.1. The number of aromatic nitrogens is 4. The Morgan fingerprint density at radius 3 is 2.44 bits per heavy atom. The van der Waals surface area contributed by atoms with E-state index in [4.69, 9.17) is 16.3 Å². The number of nitriles is 1. The number of benzene rings is 1. The lowest BCUT2D eigenvalue weighted by molar-refractivity contribution is -0.137. The van der Waals surface area contributed by atoms with Crippen LogP contribution in [-0.4, -0.2) is 67.8 Å². The lowest BCUT2D eigenvalue weighted by atomic mass is 9.90. The van der Waals surface area contributed by atoms with E-state index in [0.717, 1.165) is 28.3 Å². The number of fused-ring (bicyclic) bond motifs is 1. The molecule has 1 fully saturated rings. The van der Waals surface area contributed by atoms with E-state index in [-0.39, 0.29) is 42.0 Å². The first-order chi connectivity index (χ1) is 22.6. The van der Waals surface area contributed by atoms with E-state index in [1.807, 2.05) is 17.9 Å². The van der Waals surface area contributed by atoms with E-state index in [0.29, 0.717) is 56.0 Å². The van der Waals surface area contributed by atoms with E-state index in [2.05, 4.69) is 21.5 Å². The van der Waals surface area contributed by atoms with Gasteiger partial charge in [-0.3, -0.25) is 9.59 Å². The van der Waals surface area contributed by atoms with E-state index >= 15 is 0 Å². The molecule has 12 nitrogen and oxygen atoms in total. The topological polar surface area (TPSA) is 138 Å². The number of hydrogen-bond donors (Lipinski definition) is 1. The zero-order chi connectivity index (χ0) is 35.0. The van der Waals surface area contributed by atoms with Crippen LogP contribution in [0.25, 0.3) is 11.4 Å². The van der Waals surface area contributed by atoms with Gasteiger partial charge in [0.25, 0.3) is 5.56 Å². The summed E-state index contributed by atoms with van der Waals surface area (Å²) in [4.78, 5) is 48.4. The molecule has 0 saturated carbocycles. The van der Waals surface area contributed by atoms with Crippen LogP contribution in [0.4, 0.5) is 29.3 Å². The molecule has 1 unspecified atom stereocenters. The average Bonchev–Trinajstić information content (AvgIpc) is 3.48. The van der Waals surface area contributed by atoms with Crippen molar-refractivity contribution in [3.63, 3.8) is 0 Å². The van der Waals surface area contributed by atoms with Crippen LogP contribution in [-0.2, 0) is 28.7 Å². The van der Waals surface area contributed by atoms with Crippen molar-refractivity contribution in [3.8, 4) is 6.07 Å². The summed E-state index contributed by atoms with van der Waals surface area (Å²) in [5.74, 6) is -0.322. The minimum Gasteiger partial charge on any atom is -0.444 e. The molecule has 5 rings (SSSR count). The number of hydrogen-bond acceptors (Lipinski definition) is 8. The SMILES string of the molecule is CCc1c(N2CCN(C(=O)OC(C)(C)C)CC2)c(=O)n2nc(C3=CCC(C#N)CC3)nc2n1CC(=O)Nc1ccc(C(F)(F)F)cc1Cl. The van der Waals surface area contributed by atoms with Crippen molar-refractivity contribution < 1.29 is 27.5 Å². The van der Waals surface area contributed by atoms with E-state index in [9.17, 15) is 32.8 Å². The molecule has 3 heterocycles. The summed E-state index contributed by atoms with van der Waals surface area (Å²) in [6.07, 6.45) is -1.18. The molecule has 1 aromatic carbocycles. The fraction of sp³-hybridized carbons (Fsp3) is 0.500. The quantitative estimate of drug-likeness (QED) is 0.357. The molecule has 16 heteroatoms. The number of anilines is 2. The van der Waals surface area contributed by atoms with Gasteiger partial charge >= 0.3 is 12.3 Å². The monoisotopic (exact) mass is 688 g/mol. The number of amides is 2. The van der Waals surface area contributed by atoms with Crippen molar-refractivity contribution in [2.75, 3.05) is 36.4 Å². The summed E-state index contributed by atoms with van der Waals surface area (Å²) < 4.78 is 47.7. The second-order valence-electron chi connectivity index (χ2n) is 12.7. The summed E-state index contributed by atoms with van der Waals surface area (Å²) in [6, 6.07) is 4.91. The lowest BCUT2D eigenvalue weighted by Gasteiger charge is -2.37. The van der Waals surface area contributed by atoms with Crippen molar-refractivity contribution in [2.24, 2.45) is 5.92 Å². The highest BCUT2D eigenvalue weighted by molar-refractivity contribution is 6.33. The summed E-state index contributed by atoms with van der Waals surface area (Å²) in [5.41, 5.74) is -0.499. The normalized spacial score (nSPS) is 17.2. The molecule has 2 amide bonds. The number of alkyl halides is 3. The first-order valence-electron chi connectivity index (χ1n) is 15.6. The van der Waals surface area contributed by atoms with Crippen LogP contribution in [0.15, 0.2) is 29.1 Å². The predicted octanol–water partition coefficient (Wildman–Crippen LogP) is 5.53. The van der Waals surface area contributed by atoms with Gasteiger partial charge in [0, 0.05) is 26.2 Å². The predicted molar refractivity (Wildman–Crippen MR) is 173 cm³/mol. The molecule has 1 saturated heterocycles. The zero-order valence-electron chi connectivity index (χ0n) is 27.0. The molecule has 256 valence electrons. The molecule has 1 N–H and O–H groups in total. The van der Waals surface area contributed by atoms with Gasteiger partial charge in [-0.25, -0.2) is 4.79 Å². The van der Waals surface area contributed by atoms with Gasteiger partial charge in [-0.15, -0.1) is 5.10 Å². The van der Waals surface area contributed by atoms with Crippen LogP contribution in [0, 0.1) is 17.2 Å². The Kier molecular flexibility index (Phi) is 9.77. The highest BCUT2D eigenvalue weighted by Crippen LogP contribution is 2.34. The van der Waals surface area contributed by atoms with E-state index in [1.165, 1.54) is 0 Å². The van der Waals surface area contributed by atoms with Crippen LogP contribution < -0.4 is 15.8 Å². The molecule has 0 bridgehead atoms. The minimum absolute atomic E-state index is 0.00941. The van der Waals surface area contributed by atoms with Crippen LogP contribution in [0.3, 0.4) is 0 Å². The van der Waals surface area contributed by atoms with Gasteiger partial charge in [0.05, 0.1) is 34.0 Å². The van der Waals surface area contributed by atoms with Gasteiger partial charge in [-0.05, 0) is 70.2 Å². The van der Waals surface area contributed by atoms with Crippen LogP contribution in [0.2, 0.25) is 5.02 Å². The Morgan fingerprint density at radius 1 is 1.17 bits per heavy atom. The van der Waals surface area contributed by atoms with Gasteiger partial charge in [0.1, 0.15) is 17.8 Å². The third-order valence-electron chi connectivity index (χ3n) is 8.16. The first kappa shape index (κ1) is 34.7. The minimum atomic E-state index is -4.60. The number of nitrogens with one attached hydrogen (secondary N) is 1. The van der Waals surface area contributed by atoms with Crippen molar-refractivity contribution in [1.82, 2.24) is 24.1 Å². The van der Waals surface area contributed by atoms with Crippen molar-refractivity contribution in [1.29, 1.82) is 5.26 Å². The summed E-state index contributed by atoms with van der Waals surface area (Å²) in [6.45, 7) is 8.02. The number of carbonyl (C=O) groups is 2. The zero-order valence-corrected chi connectivity index (χ0v) is 27.8. The Bertz CT molecular complexity index is 1860. The van der Waals surface area contributed by atoms with Crippen molar-refractivity contribution >= 4 is 46.3 Å². The Hall–Kier alpha value is -4.58. The summed E-state index contributed by atoms with van der Waals surface area (Å²) >= 11 is 6.10. The summed E-state index contributed by atoms with van der Waals surface area (Å²) in [7, 11) is 0. The fourth-order valence-electron chi connectivity index (χ4n) is 5.79. The van der Waals surface area contributed by atoms with E-state index < -0.39 is 34.9 Å². The molecule has 1 atom stereocenters. The number of halogens is 4. The fourth-order valence-corrected chi connectivity index (χ4v) is 6.01. The van der Waals surface area contributed by atoms with Gasteiger partial charge in [-0.1, -0.05) is 24.6 Å². The van der Waals surface area contributed by atoms with E-state index in [1.54, 1.807) is 30.2 Å². The molecular weight excluding hydrogens is 653 g/mol. The number of ether oxygens (including phenoxy) is 1. The standard InChI is InChI=1S/C32H36ClF3N8O4/c1-5-24-26(41-12-14-42(15-13-41)30(47)48-31(2,3)4)28(46)44-29(39-27(40-44)20-8-6-19(17-37)7-9-20)43(24)18-25(45)38-23-11-10-21(16-22(23)33)32(34,35)36/h8,10-11,16,19H,5-7,9,12-15,18H2,1-4H3,(H,38,45). The largest absolute Gasteiger partial charge is 0.444 e. The van der Waals surface area contributed by atoms with Gasteiger partial charge < -0.3 is 24.4 Å². The molecule has 1 aliphatic heterocycles. The molecule has 2 aliphatic rings. The third kappa shape index (κ3) is 7.43. The molecule has 0 spiro atoms. The summed E-state index contributed by atoms with van der Waals surface area (Å²) in [5, 5.41) is 16.2. The first-order valence-corrected chi connectivity index (χ1v) is 16.0. The maximum atomic E-state index is 14.1. The number of piperazine rings is 1. The second kappa shape index (κ2) is 13.5. The van der Waals surface area contributed by atoms with Crippen LogP contribution >= 0.6 is 11.6 Å². The van der Waals surface area contributed by atoms with Gasteiger partial charge in [0.2, 0.25) is 11.7 Å². The molecule has 1 aliphatic carbocycles. The number of allylic oxidation sites excluding steroid dienone is 2.